The molecule has 0 saturated carbocycles. The minimum Gasteiger partial charge on any atom is -0.379 e. The number of hydrogen-bond acceptors (Lipinski definition) is 7. The molecule has 1 N–H and O–H groups in total. The van der Waals surface area contributed by atoms with E-state index in [4.69, 9.17) is 9.72 Å². The molecule has 1 aliphatic heterocycles. The summed E-state index contributed by atoms with van der Waals surface area (Å²) in [5.41, 5.74) is 2.61. The molecule has 0 unspecified atom stereocenters. The molecule has 1 saturated heterocycles. The number of morpholine rings is 1. The molecule has 1 aromatic carbocycles. The zero-order valence-corrected chi connectivity index (χ0v) is 18.9. The molecule has 0 radical (unpaired) electrons. The number of benzene rings is 1. The first-order chi connectivity index (χ1) is 15.1. The fraction of sp³-hybridized carbons (Fsp3) is 0.435. The standard InChI is InChI=1S/C23H29N5O2S/c1-17(2)28-20(29)10-9-19(26-28)22-21(18-7-4-3-5-8-18)25-23(31-22)24-11-6-12-27-13-15-30-16-14-27/h3-5,7-10,17H,6,11-16H2,1-2H3,(H,24,25). The van der Waals surface area contributed by atoms with Gasteiger partial charge in [-0.3, -0.25) is 9.69 Å². The van der Waals surface area contributed by atoms with E-state index in [1.165, 1.54) is 4.68 Å². The molecule has 8 heteroatoms. The second-order valence-electron chi connectivity index (χ2n) is 7.89. The summed E-state index contributed by atoms with van der Waals surface area (Å²) in [6.45, 7) is 9.52. The van der Waals surface area contributed by atoms with Gasteiger partial charge in [-0.1, -0.05) is 41.7 Å². The van der Waals surface area contributed by atoms with Crippen LogP contribution in [0.15, 0.2) is 47.3 Å². The third-order valence-electron chi connectivity index (χ3n) is 5.25. The van der Waals surface area contributed by atoms with E-state index >= 15 is 0 Å². The highest BCUT2D eigenvalue weighted by atomic mass is 32.1. The Morgan fingerprint density at radius 3 is 2.65 bits per heavy atom. The molecule has 0 aliphatic carbocycles. The lowest BCUT2D eigenvalue weighted by Gasteiger charge is -2.26. The lowest BCUT2D eigenvalue weighted by molar-refractivity contribution is 0.0378. The lowest BCUT2D eigenvalue weighted by Crippen LogP contribution is -2.37. The van der Waals surface area contributed by atoms with Crippen LogP contribution in [-0.2, 0) is 4.74 Å². The van der Waals surface area contributed by atoms with Crippen LogP contribution in [0.4, 0.5) is 5.13 Å². The highest BCUT2D eigenvalue weighted by Gasteiger charge is 2.18. The highest BCUT2D eigenvalue weighted by molar-refractivity contribution is 7.19. The molecule has 0 atom stereocenters. The quantitative estimate of drug-likeness (QED) is 0.539. The summed E-state index contributed by atoms with van der Waals surface area (Å²) >= 11 is 1.59. The predicted octanol–water partition coefficient (Wildman–Crippen LogP) is 3.75. The predicted molar refractivity (Wildman–Crippen MR) is 126 cm³/mol. The first kappa shape index (κ1) is 21.7. The third-order valence-corrected chi connectivity index (χ3v) is 6.29. The number of rotatable bonds is 8. The van der Waals surface area contributed by atoms with Crippen LogP contribution < -0.4 is 10.9 Å². The van der Waals surface area contributed by atoms with Gasteiger partial charge in [-0.2, -0.15) is 5.10 Å². The van der Waals surface area contributed by atoms with Crippen LogP contribution in [0.1, 0.15) is 26.3 Å². The van der Waals surface area contributed by atoms with E-state index in [0.29, 0.717) is 0 Å². The number of aromatic nitrogens is 3. The SMILES string of the molecule is CC(C)n1nc(-c2sc(NCCCN3CCOCC3)nc2-c2ccccc2)ccc1=O. The summed E-state index contributed by atoms with van der Waals surface area (Å²) in [5, 5.41) is 8.99. The second-order valence-corrected chi connectivity index (χ2v) is 8.89. The molecule has 4 rings (SSSR count). The van der Waals surface area contributed by atoms with Gasteiger partial charge in [0.2, 0.25) is 0 Å². The number of anilines is 1. The van der Waals surface area contributed by atoms with Crippen molar-refractivity contribution in [3.63, 3.8) is 0 Å². The molecule has 3 heterocycles. The summed E-state index contributed by atoms with van der Waals surface area (Å²) in [4.78, 5) is 20.5. The minimum atomic E-state index is -0.0917. The average Bonchev–Trinajstić information content (AvgIpc) is 3.22. The normalized spacial score (nSPS) is 14.8. The number of thiazole rings is 1. The van der Waals surface area contributed by atoms with Crippen molar-refractivity contribution in [3.8, 4) is 21.8 Å². The van der Waals surface area contributed by atoms with E-state index in [0.717, 1.165) is 72.8 Å². The maximum absolute atomic E-state index is 12.2. The van der Waals surface area contributed by atoms with Crippen LogP contribution in [0.3, 0.4) is 0 Å². The highest BCUT2D eigenvalue weighted by Crippen LogP contribution is 2.37. The van der Waals surface area contributed by atoms with Crippen molar-refractivity contribution >= 4 is 16.5 Å². The van der Waals surface area contributed by atoms with Crippen LogP contribution in [-0.4, -0.2) is 59.1 Å². The van der Waals surface area contributed by atoms with Crippen molar-refractivity contribution in [3.05, 3.63) is 52.8 Å². The topological polar surface area (TPSA) is 72.3 Å². The van der Waals surface area contributed by atoms with Crippen molar-refractivity contribution in [2.45, 2.75) is 26.3 Å². The molecule has 2 aromatic heterocycles. The Balaban J connectivity index is 1.55. The van der Waals surface area contributed by atoms with Gasteiger partial charge < -0.3 is 10.1 Å². The maximum Gasteiger partial charge on any atom is 0.267 e. The van der Waals surface area contributed by atoms with Crippen LogP contribution in [0, 0.1) is 0 Å². The average molecular weight is 440 g/mol. The molecular weight excluding hydrogens is 410 g/mol. The fourth-order valence-electron chi connectivity index (χ4n) is 3.60. The van der Waals surface area contributed by atoms with Crippen molar-refractivity contribution in [2.75, 3.05) is 44.7 Å². The van der Waals surface area contributed by atoms with Crippen molar-refractivity contribution in [1.82, 2.24) is 19.7 Å². The summed E-state index contributed by atoms with van der Waals surface area (Å²) in [6, 6.07) is 13.5. The first-order valence-corrected chi connectivity index (χ1v) is 11.6. The Morgan fingerprint density at radius 1 is 1.13 bits per heavy atom. The van der Waals surface area contributed by atoms with Gasteiger partial charge in [-0.25, -0.2) is 9.67 Å². The zero-order valence-electron chi connectivity index (χ0n) is 18.1. The first-order valence-electron chi connectivity index (χ1n) is 10.8. The Kier molecular flexibility index (Phi) is 7.11. The Bertz CT molecular complexity index is 1040. The number of ether oxygens (including phenoxy) is 1. The van der Waals surface area contributed by atoms with E-state index in [1.807, 2.05) is 32.0 Å². The smallest absolute Gasteiger partial charge is 0.267 e. The molecule has 164 valence electrons. The van der Waals surface area contributed by atoms with E-state index in [1.54, 1.807) is 23.5 Å². The summed E-state index contributed by atoms with van der Waals surface area (Å²) in [5.74, 6) is 0. The molecular formula is C23H29N5O2S. The van der Waals surface area contributed by atoms with Gasteiger partial charge in [0.25, 0.3) is 5.56 Å². The molecule has 31 heavy (non-hydrogen) atoms. The van der Waals surface area contributed by atoms with Crippen LogP contribution >= 0.6 is 11.3 Å². The van der Waals surface area contributed by atoms with E-state index in [2.05, 4.69) is 27.4 Å². The molecule has 0 amide bonds. The number of nitrogens with zero attached hydrogens (tertiary/aromatic N) is 4. The Labute approximate surface area is 186 Å². The van der Waals surface area contributed by atoms with Crippen LogP contribution in [0.25, 0.3) is 21.8 Å². The summed E-state index contributed by atoms with van der Waals surface area (Å²) in [7, 11) is 0. The lowest BCUT2D eigenvalue weighted by atomic mass is 10.1. The van der Waals surface area contributed by atoms with Gasteiger partial charge in [-0.15, -0.1) is 0 Å². The van der Waals surface area contributed by atoms with Crippen molar-refractivity contribution in [1.29, 1.82) is 0 Å². The molecule has 7 nitrogen and oxygen atoms in total. The summed E-state index contributed by atoms with van der Waals surface area (Å²) in [6.07, 6.45) is 1.05. The van der Waals surface area contributed by atoms with Gasteiger partial charge in [0.1, 0.15) is 5.69 Å². The van der Waals surface area contributed by atoms with Crippen molar-refractivity contribution < 1.29 is 4.74 Å². The number of nitrogens with one attached hydrogen (secondary N) is 1. The van der Waals surface area contributed by atoms with Crippen LogP contribution in [0.5, 0.6) is 0 Å². The summed E-state index contributed by atoms with van der Waals surface area (Å²) < 4.78 is 6.94. The molecule has 1 aliphatic rings. The largest absolute Gasteiger partial charge is 0.379 e. The monoisotopic (exact) mass is 439 g/mol. The molecule has 0 spiro atoms. The number of hydrogen-bond donors (Lipinski definition) is 1. The van der Waals surface area contributed by atoms with Crippen molar-refractivity contribution in [2.24, 2.45) is 0 Å². The molecule has 1 fully saturated rings. The van der Waals surface area contributed by atoms with Gasteiger partial charge in [0, 0.05) is 31.3 Å². The third kappa shape index (κ3) is 5.39. The van der Waals surface area contributed by atoms with Gasteiger partial charge in [-0.05, 0) is 32.9 Å². The van der Waals surface area contributed by atoms with E-state index in [9.17, 15) is 4.79 Å². The second kappa shape index (κ2) is 10.2. The van der Waals surface area contributed by atoms with Gasteiger partial charge in [0.05, 0.1) is 29.8 Å². The fourth-order valence-corrected chi connectivity index (χ4v) is 4.58. The van der Waals surface area contributed by atoms with Crippen LogP contribution in [0.2, 0.25) is 0 Å². The Hall–Kier alpha value is -2.55. The minimum absolute atomic E-state index is 0.00155. The Morgan fingerprint density at radius 2 is 1.90 bits per heavy atom. The van der Waals surface area contributed by atoms with E-state index < -0.39 is 0 Å². The van der Waals surface area contributed by atoms with E-state index in [-0.39, 0.29) is 11.6 Å². The molecule has 0 bridgehead atoms. The molecule has 3 aromatic rings. The van der Waals surface area contributed by atoms with Gasteiger partial charge in [0.15, 0.2) is 5.13 Å². The maximum atomic E-state index is 12.2. The van der Waals surface area contributed by atoms with Gasteiger partial charge >= 0.3 is 0 Å². The zero-order chi connectivity index (χ0) is 21.6.